The predicted molar refractivity (Wildman–Crippen MR) is 90.1 cm³/mol. The zero-order chi connectivity index (χ0) is 16.1. The fourth-order valence-corrected chi connectivity index (χ4v) is 2.71. The van der Waals surface area contributed by atoms with Crippen molar-refractivity contribution in [1.82, 2.24) is 15.1 Å². The van der Waals surface area contributed by atoms with Crippen LogP contribution in [0, 0.1) is 5.82 Å². The van der Waals surface area contributed by atoms with Crippen LogP contribution in [0.1, 0.15) is 24.1 Å². The third-order valence-corrected chi connectivity index (χ3v) is 3.96. The Morgan fingerprint density at radius 3 is 2.65 bits per heavy atom. The Morgan fingerprint density at radius 1 is 1.09 bits per heavy atom. The van der Waals surface area contributed by atoms with Crippen molar-refractivity contribution in [2.45, 2.75) is 19.4 Å². The molecule has 0 saturated carbocycles. The monoisotopic (exact) mass is 309 g/mol. The molecule has 1 aromatic heterocycles. The van der Waals surface area contributed by atoms with Gasteiger partial charge in [0, 0.05) is 18.4 Å². The molecule has 0 aliphatic rings. The highest BCUT2D eigenvalue weighted by Crippen LogP contribution is 2.21. The van der Waals surface area contributed by atoms with Crippen LogP contribution in [-0.2, 0) is 6.42 Å². The van der Waals surface area contributed by atoms with Gasteiger partial charge in [-0.2, -0.15) is 5.10 Å². The SMILES string of the molecule is C[C@@H](NCCc1ccccc1F)c1ccccc1-n1cccn1. The highest BCUT2D eigenvalue weighted by Gasteiger charge is 2.11. The summed E-state index contributed by atoms with van der Waals surface area (Å²) >= 11 is 0. The Kier molecular flexibility index (Phi) is 4.83. The summed E-state index contributed by atoms with van der Waals surface area (Å²) in [5.41, 5.74) is 2.97. The van der Waals surface area contributed by atoms with E-state index in [1.54, 1.807) is 12.3 Å². The minimum absolute atomic E-state index is 0.140. The average molecular weight is 309 g/mol. The molecule has 0 amide bonds. The summed E-state index contributed by atoms with van der Waals surface area (Å²) < 4.78 is 15.5. The fraction of sp³-hybridized carbons (Fsp3) is 0.211. The van der Waals surface area contributed by atoms with E-state index in [0.29, 0.717) is 6.42 Å². The molecule has 0 unspecified atom stereocenters. The third-order valence-electron chi connectivity index (χ3n) is 3.96. The second kappa shape index (κ2) is 7.20. The Bertz CT molecular complexity index is 753. The van der Waals surface area contributed by atoms with Gasteiger partial charge in [0.25, 0.3) is 0 Å². The lowest BCUT2D eigenvalue weighted by molar-refractivity contribution is 0.557. The largest absolute Gasteiger partial charge is 0.310 e. The molecular weight excluding hydrogens is 289 g/mol. The van der Waals surface area contributed by atoms with Gasteiger partial charge in [0.2, 0.25) is 0 Å². The molecule has 0 bridgehead atoms. The average Bonchev–Trinajstić information content (AvgIpc) is 3.11. The van der Waals surface area contributed by atoms with Crippen LogP contribution in [0.3, 0.4) is 0 Å². The van der Waals surface area contributed by atoms with Gasteiger partial charge in [-0.1, -0.05) is 36.4 Å². The van der Waals surface area contributed by atoms with Crippen LogP contribution < -0.4 is 5.32 Å². The van der Waals surface area contributed by atoms with Gasteiger partial charge in [0.05, 0.1) is 5.69 Å². The number of benzene rings is 2. The molecule has 0 saturated heterocycles. The first kappa shape index (κ1) is 15.4. The van der Waals surface area contributed by atoms with Gasteiger partial charge in [-0.05, 0) is 49.2 Å². The second-order valence-corrected chi connectivity index (χ2v) is 5.53. The fourth-order valence-electron chi connectivity index (χ4n) is 2.71. The van der Waals surface area contributed by atoms with Gasteiger partial charge in [-0.3, -0.25) is 0 Å². The van der Waals surface area contributed by atoms with Crippen LogP contribution in [0.4, 0.5) is 4.39 Å². The Hall–Kier alpha value is -2.46. The van der Waals surface area contributed by atoms with E-state index in [-0.39, 0.29) is 11.9 Å². The number of halogens is 1. The summed E-state index contributed by atoms with van der Waals surface area (Å²) in [5, 5.41) is 7.78. The highest BCUT2D eigenvalue weighted by molar-refractivity contribution is 5.42. The number of nitrogens with one attached hydrogen (secondary N) is 1. The van der Waals surface area contributed by atoms with E-state index in [1.807, 2.05) is 41.2 Å². The summed E-state index contributed by atoms with van der Waals surface area (Å²) in [4.78, 5) is 0. The second-order valence-electron chi connectivity index (χ2n) is 5.53. The number of nitrogens with zero attached hydrogens (tertiary/aromatic N) is 2. The van der Waals surface area contributed by atoms with Crippen molar-refractivity contribution in [2.75, 3.05) is 6.54 Å². The molecule has 0 spiro atoms. The minimum Gasteiger partial charge on any atom is -0.310 e. The summed E-state index contributed by atoms with van der Waals surface area (Å²) in [7, 11) is 0. The van der Waals surface area contributed by atoms with Crippen LogP contribution in [0.5, 0.6) is 0 Å². The van der Waals surface area contributed by atoms with Gasteiger partial charge >= 0.3 is 0 Å². The van der Waals surface area contributed by atoms with Crippen molar-refractivity contribution in [3.8, 4) is 5.69 Å². The van der Waals surface area contributed by atoms with Crippen molar-refractivity contribution in [3.63, 3.8) is 0 Å². The lowest BCUT2D eigenvalue weighted by atomic mass is 10.1. The van der Waals surface area contributed by atoms with Crippen molar-refractivity contribution in [2.24, 2.45) is 0 Å². The molecule has 3 rings (SSSR count). The Balaban J connectivity index is 1.67. The van der Waals surface area contributed by atoms with Gasteiger partial charge < -0.3 is 5.32 Å². The lowest BCUT2D eigenvalue weighted by Crippen LogP contribution is -2.23. The minimum atomic E-state index is -0.140. The van der Waals surface area contributed by atoms with Crippen LogP contribution >= 0.6 is 0 Å². The summed E-state index contributed by atoms with van der Waals surface area (Å²) in [5.74, 6) is -0.140. The molecule has 118 valence electrons. The Morgan fingerprint density at radius 2 is 1.87 bits per heavy atom. The smallest absolute Gasteiger partial charge is 0.126 e. The lowest BCUT2D eigenvalue weighted by Gasteiger charge is -2.18. The molecule has 1 N–H and O–H groups in total. The van der Waals surface area contributed by atoms with E-state index in [0.717, 1.165) is 17.8 Å². The molecule has 0 fully saturated rings. The van der Waals surface area contributed by atoms with E-state index in [4.69, 9.17) is 0 Å². The zero-order valence-electron chi connectivity index (χ0n) is 13.1. The first-order valence-electron chi connectivity index (χ1n) is 7.81. The van der Waals surface area contributed by atoms with E-state index in [9.17, 15) is 4.39 Å². The van der Waals surface area contributed by atoms with E-state index in [1.165, 1.54) is 11.6 Å². The zero-order valence-corrected chi connectivity index (χ0v) is 13.1. The van der Waals surface area contributed by atoms with Gasteiger partial charge in [0.1, 0.15) is 5.82 Å². The number of aromatic nitrogens is 2. The summed E-state index contributed by atoms with van der Waals surface area (Å²) in [6, 6.07) is 17.2. The summed E-state index contributed by atoms with van der Waals surface area (Å²) in [6.45, 7) is 2.83. The predicted octanol–water partition coefficient (Wildman–Crippen LogP) is 3.90. The summed E-state index contributed by atoms with van der Waals surface area (Å²) in [6.07, 6.45) is 4.37. The maximum absolute atomic E-state index is 13.6. The van der Waals surface area contributed by atoms with Gasteiger partial charge in [-0.25, -0.2) is 9.07 Å². The van der Waals surface area contributed by atoms with Crippen molar-refractivity contribution in [3.05, 3.63) is 83.9 Å². The number of para-hydroxylation sites is 1. The van der Waals surface area contributed by atoms with Crippen LogP contribution in [0.2, 0.25) is 0 Å². The van der Waals surface area contributed by atoms with E-state index in [2.05, 4.69) is 29.5 Å². The number of hydrogen-bond donors (Lipinski definition) is 1. The molecule has 4 heteroatoms. The topological polar surface area (TPSA) is 29.9 Å². The molecule has 0 radical (unpaired) electrons. The van der Waals surface area contributed by atoms with Crippen molar-refractivity contribution < 1.29 is 4.39 Å². The molecule has 23 heavy (non-hydrogen) atoms. The number of rotatable bonds is 6. The maximum Gasteiger partial charge on any atom is 0.126 e. The highest BCUT2D eigenvalue weighted by atomic mass is 19.1. The molecule has 1 heterocycles. The molecule has 0 aliphatic carbocycles. The molecule has 3 nitrogen and oxygen atoms in total. The van der Waals surface area contributed by atoms with Crippen molar-refractivity contribution in [1.29, 1.82) is 0 Å². The van der Waals surface area contributed by atoms with Crippen LogP contribution in [0.25, 0.3) is 5.69 Å². The van der Waals surface area contributed by atoms with Crippen LogP contribution in [0.15, 0.2) is 67.0 Å². The normalized spacial score (nSPS) is 12.3. The molecule has 2 aromatic carbocycles. The standard InChI is InChI=1S/C19H20FN3/c1-15(21-13-11-16-7-2-4-9-18(16)20)17-8-3-5-10-19(17)23-14-6-12-22-23/h2-10,12,14-15,21H,11,13H2,1H3/t15-/m1/s1. The van der Waals surface area contributed by atoms with Crippen molar-refractivity contribution >= 4 is 0 Å². The first-order chi connectivity index (χ1) is 11.3. The van der Waals surface area contributed by atoms with E-state index >= 15 is 0 Å². The maximum atomic E-state index is 13.6. The van der Waals surface area contributed by atoms with Gasteiger partial charge in [0.15, 0.2) is 0 Å². The first-order valence-corrected chi connectivity index (χ1v) is 7.81. The molecular formula is C19H20FN3. The van der Waals surface area contributed by atoms with Crippen LogP contribution in [-0.4, -0.2) is 16.3 Å². The Labute approximate surface area is 135 Å². The van der Waals surface area contributed by atoms with E-state index < -0.39 is 0 Å². The quantitative estimate of drug-likeness (QED) is 0.748. The molecule has 3 aromatic rings. The molecule has 0 aliphatic heterocycles. The number of hydrogen-bond acceptors (Lipinski definition) is 2. The third kappa shape index (κ3) is 3.66. The van der Waals surface area contributed by atoms with Gasteiger partial charge in [-0.15, -0.1) is 0 Å². The molecule has 1 atom stereocenters.